The van der Waals surface area contributed by atoms with Gasteiger partial charge in [-0.05, 0) is 18.2 Å². The molecule has 0 amide bonds. The number of methoxy groups -OCH3 is 2. The Labute approximate surface area is 113 Å². The van der Waals surface area contributed by atoms with Crippen molar-refractivity contribution in [2.45, 2.75) is 11.0 Å². The smallest absolute Gasteiger partial charge is 0.240 e. The van der Waals surface area contributed by atoms with Gasteiger partial charge in [-0.3, -0.25) is 0 Å². The second-order valence-electron chi connectivity index (χ2n) is 3.80. The standard InChI is InChI=1S/C12H16N2O4S/c1-17-9-11(18-2)8-14-19(15,16)12-5-3-4-10(6-12)7-13/h3-6,11,14H,8-9H2,1-2H3. The average molecular weight is 284 g/mol. The summed E-state index contributed by atoms with van der Waals surface area (Å²) in [4.78, 5) is 0.0545. The van der Waals surface area contributed by atoms with Gasteiger partial charge in [0.1, 0.15) is 0 Å². The van der Waals surface area contributed by atoms with E-state index in [1.807, 2.05) is 6.07 Å². The normalized spacial score (nSPS) is 12.9. The number of nitrogens with one attached hydrogen (secondary N) is 1. The zero-order chi connectivity index (χ0) is 14.3. The molecule has 19 heavy (non-hydrogen) atoms. The molecule has 1 aromatic carbocycles. The Morgan fingerprint density at radius 2 is 2.16 bits per heavy atom. The minimum atomic E-state index is -3.65. The summed E-state index contributed by atoms with van der Waals surface area (Å²) in [5.74, 6) is 0. The van der Waals surface area contributed by atoms with Gasteiger partial charge in [-0.15, -0.1) is 0 Å². The van der Waals surface area contributed by atoms with E-state index in [-0.39, 0.29) is 24.2 Å². The molecule has 6 nitrogen and oxygen atoms in total. The molecular weight excluding hydrogens is 268 g/mol. The number of nitriles is 1. The lowest BCUT2D eigenvalue weighted by molar-refractivity contribution is 0.0320. The molecule has 1 N–H and O–H groups in total. The van der Waals surface area contributed by atoms with Gasteiger partial charge in [-0.25, -0.2) is 13.1 Å². The van der Waals surface area contributed by atoms with E-state index in [4.69, 9.17) is 14.7 Å². The fourth-order valence-electron chi connectivity index (χ4n) is 1.41. The number of rotatable bonds is 7. The zero-order valence-corrected chi connectivity index (χ0v) is 11.6. The lowest BCUT2D eigenvalue weighted by Gasteiger charge is -2.15. The minimum Gasteiger partial charge on any atom is -0.382 e. The second-order valence-corrected chi connectivity index (χ2v) is 5.57. The van der Waals surface area contributed by atoms with Crippen LogP contribution >= 0.6 is 0 Å². The molecule has 1 atom stereocenters. The molecule has 1 aromatic rings. The molecule has 0 saturated heterocycles. The van der Waals surface area contributed by atoms with Crippen LogP contribution < -0.4 is 4.72 Å². The molecule has 0 saturated carbocycles. The van der Waals surface area contributed by atoms with Crippen LogP contribution in [-0.2, 0) is 19.5 Å². The summed E-state index contributed by atoms with van der Waals surface area (Å²) >= 11 is 0. The van der Waals surface area contributed by atoms with Crippen LogP contribution in [-0.4, -0.2) is 41.9 Å². The highest BCUT2D eigenvalue weighted by atomic mass is 32.2. The SMILES string of the molecule is COCC(CNS(=O)(=O)c1cccc(C#N)c1)OC. The lowest BCUT2D eigenvalue weighted by atomic mass is 10.2. The summed E-state index contributed by atoms with van der Waals surface area (Å²) in [6.45, 7) is 0.390. The highest BCUT2D eigenvalue weighted by Gasteiger charge is 2.17. The Kier molecular flexibility index (Phi) is 5.92. The monoisotopic (exact) mass is 284 g/mol. The van der Waals surface area contributed by atoms with Crippen LogP contribution in [0.25, 0.3) is 0 Å². The average Bonchev–Trinajstić information content (AvgIpc) is 2.43. The maximum Gasteiger partial charge on any atom is 0.240 e. The van der Waals surface area contributed by atoms with Gasteiger partial charge >= 0.3 is 0 Å². The third-order valence-electron chi connectivity index (χ3n) is 2.46. The van der Waals surface area contributed by atoms with Crippen LogP contribution in [0.1, 0.15) is 5.56 Å². The summed E-state index contributed by atoms with van der Waals surface area (Å²) in [5.41, 5.74) is 0.294. The van der Waals surface area contributed by atoms with Crippen LogP contribution in [0, 0.1) is 11.3 Å². The van der Waals surface area contributed by atoms with Gasteiger partial charge in [0.2, 0.25) is 10.0 Å². The Bertz CT molecular complexity index is 551. The maximum absolute atomic E-state index is 12.0. The summed E-state index contributed by atoms with van der Waals surface area (Å²) < 4.78 is 36.4. The van der Waals surface area contributed by atoms with Gasteiger partial charge in [0.05, 0.1) is 29.2 Å². The highest BCUT2D eigenvalue weighted by Crippen LogP contribution is 2.10. The second kappa shape index (κ2) is 7.21. The number of ether oxygens (including phenoxy) is 2. The van der Waals surface area contributed by atoms with Crippen molar-refractivity contribution < 1.29 is 17.9 Å². The number of benzene rings is 1. The predicted molar refractivity (Wildman–Crippen MR) is 69.0 cm³/mol. The zero-order valence-electron chi connectivity index (χ0n) is 10.8. The Morgan fingerprint density at radius 3 is 2.74 bits per heavy atom. The summed E-state index contributed by atoms with van der Waals surface area (Å²) in [6, 6.07) is 7.72. The number of hydrogen-bond donors (Lipinski definition) is 1. The van der Waals surface area contributed by atoms with Gasteiger partial charge in [0, 0.05) is 20.8 Å². The van der Waals surface area contributed by atoms with Crippen molar-refractivity contribution in [2.24, 2.45) is 0 Å². The van der Waals surface area contributed by atoms with Gasteiger partial charge in [-0.2, -0.15) is 5.26 Å². The summed E-state index contributed by atoms with van der Waals surface area (Å²) in [5, 5.41) is 8.75. The van der Waals surface area contributed by atoms with E-state index in [1.165, 1.54) is 32.4 Å². The van der Waals surface area contributed by atoms with E-state index < -0.39 is 10.0 Å². The molecule has 0 aliphatic heterocycles. The van der Waals surface area contributed by atoms with Gasteiger partial charge in [-0.1, -0.05) is 6.07 Å². The Hall–Kier alpha value is -1.46. The third kappa shape index (κ3) is 4.61. The predicted octanol–water partition coefficient (Wildman–Crippen LogP) is 0.498. The van der Waals surface area contributed by atoms with E-state index in [1.54, 1.807) is 6.07 Å². The van der Waals surface area contributed by atoms with Crippen LogP contribution in [0.3, 0.4) is 0 Å². The molecule has 0 aliphatic carbocycles. The molecule has 104 valence electrons. The van der Waals surface area contributed by atoms with E-state index >= 15 is 0 Å². The molecule has 1 rings (SSSR count). The molecule has 0 radical (unpaired) electrons. The van der Waals surface area contributed by atoms with Crippen molar-refractivity contribution in [1.29, 1.82) is 5.26 Å². The lowest BCUT2D eigenvalue weighted by Crippen LogP contribution is -2.35. The van der Waals surface area contributed by atoms with Gasteiger partial charge < -0.3 is 9.47 Å². The third-order valence-corrected chi connectivity index (χ3v) is 3.88. The van der Waals surface area contributed by atoms with Crippen molar-refractivity contribution in [3.05, 3.63) is 29.8 Å². The minimum absolute atomic E-state index is 0.0545. The van der Waals surface area contributed by atoms with Gasteiger partial charge in [0.15, 0.2) is 0 Å². The molecule has 0 spiro atoms. The fourth-order valence-corrected chi connectivity index (χ4v) is 2.53. The molecule has 0 fully saturated rings. The Morgan fingerprint density at radius 1 is 1.42 bits per heavy atom. The van der Waals surface area contributed by atoms with Crippen LogP contribution in [0.4, 0.5) is 0 Å². The van der Waals surface area contributed by atoms with Crippen LogP contribution in [0.15, 0.2) is 29.2 Å². The first-order valence-electron chi connectivity index (χ1n) is 5.55. The first-order chi connectivity index (χ1) is 9.03. The first kappa shape index (κ1) is 15.6. The fraction of sp³-hybridized carbons (Fsp3) is 0.417. The van der Waals surface area contributed by atoms with Gasteiger partial charge in [0.25, 0.3) is 0 Å². The number of hydrogen-bond acceptors (Lipinski definition) is 5. The Balaban J connectivity index is 2.78. The summed E-state index contributed by atoms with van der Waals surface area (Å²) in [6.07, 6.45) is -0.362. The first-order valence-corrected chi connectivity index (χ1v) is 7.03. The van der Waals surface area contributed by atoms with Crippen molar-refractivity contribution in [1.82, 2.24) is 4.72 Å². The van der Waals surface area contributed by atoms with Crippen molar-refractivity contribution in [3.8, 4) is 6.07 Å². The molecular formula is C12H16N2O4S. The van der Waals surface area contributed by atoms with Crippen molar-refractivity contribution in [3.63, 3.8) is 0 Å². The van der Waals surface area contributed by atoms with E-state index in [0.717, 1.165) is 0 Å². The number of nitrogens with zero attached hydrogens (tertiary/aromatic N) is 1. The van der Waals surface area contributed by atoms with Crippen molar-refractivity contribution in [2.75, 3.05) is 27.4 Å². The van der Waals surface area contributed by atoms with E-state index in [9.17, 15) is 8.42 Å². The molecule has 0 aliphatic rings. The van der Waals surface area contributed by atoms with Crippen LogP contribution in [0.2, 0.25) is 0 Å². The van der Waals surface area contributed by atoms with Crippen molar-refractivity contribution >= 4 is 10.0 Å². The van der Waals surface area contributed by atoms with E-state index in [0.29, 0.717) is 5.56 Å². The highest BCUT2D eigenvalue weighted by molar-refractivity contribution is 7.89. The molecule has 0 aromatic heterocycles. The molecule has 0 heterocycles. The quantitative estimate of drug-likeness (QED) is 0.787. The topological polar surface area (TPSA) is 88.4 Å². The number of sulfonamides is 1. The van der Waals surface area contributed by atoms with E-state index in [2.05, 4.69) is 4.72 Å². The molecule has 0 bridgehead atoms. The maximum atomic E-state index is 12.0. The summed E-state index contributed by atoms with van der Waals surface area (Å²) in [7, 11) is -0.662. The van der Waals surface area contributed by atoms with Crippen LogP contribution in [0.5, 0.6) is 0 Å². The molecule has 7 heteroatoms. The largest absolute Gasteiger partial charge is 0.382 e. The molecule has 1 unspecified atom stereocenters.